The highest BCUT2D eigenvalue weighted by molar-refractivity contribution is 5.32. The Morgan fingerprint density at radius 2 is 2.21 bits per heavy atom. The average Bonchev–Trinajstić information content (AvgIpc) is 2.39. The number of morpholine rings is 1. The lowest BCUT2D eigenvalue weighted by Gasteiger charge is -2.37. The van der Waals surface area contributed by atoms with Gasteiger partial charge in [0.1, 0.15) is 0 Å². The second-order valence-electron chi connectivity index (χ2n) is 5.58. The number of hydrogen-bond acceptors (Lipinski definition) is 3. The summed E-state index contributed by atoms with van der Waals surface area (Å²) in [6.45, 7) is 10.5. The molecule has 2 atom stereocenters. The summed E-state index contributed by atoms with van der Waals surface area (Å²) in [7, 11) is 1.98. The van der Waals surface area contributed by atoms with Gasteiger partial charge in [-0.25, -0.2) is 0 Å². The molecule has 0 aromatic heterocycles. The van der Waals surface area contributed by atoms with Crippen LogP contribution in [-0.2, 0) is 4.74 Å². The van der Waals surface area contributed by atoms with Gasteiger partial charge in [0.15, 0.2) is 0 Å². The zero-order valence-electron chi connectivity index (χ0n) is 12.6. The van der Waals surface area contributed by atoms with Crippen molar-refractivity contribution in [3.05, 3.63) is 34.9 Å². The van der Waals surface area contributed by atoms with E-state index < -0.39 is 0 Å². The number of aryl methyl sites for hydroxylation is 2. The molecule has 1 saturated heterocycles. The Labute approximate surface area is 116 Å². The molecule has 2 rings (SSSR count). The van der Waals surface area contributed by atoms with Crippen molar-refractivity contribution >= 4 is 0 Å². The van der Waals surface area contributed by atoms with Gasteiger partial charge in [0.2, 0.25) is 0 Å². The molecular formula is C16H26N2O. The molecule has 2 unspecified atom stereocenters. The maximum absolute atomic E-state index is 5.78. The summed E-state index contributed by atoms with van der Waals surface area (Å²) >= 11 is 0. The second kappa shape index (κ2) is 6.51. The van der Waals surface area contributed by atoms with Crippen LogP contribution in [0.25, 0.3) is 0 Å². The summed E-state index contributed by atoms with van der Waals surface area (Å²) in [5.74, 6) is 0. The van der Waals surface area contributed by atoms with Crippen LogP contribution in [0.15, 0.2) is 18.2 Å². The molecule has 1 aliphatic heterocycles. The molecule has 1 N–H and O–H groups in total. The summed E-state index contributed by atoms with van der Waals surface area (Å²) < 4.78 is 5.78. The topological polar surface area (TPSA) is 24.5 Å². The predicted molar refractivity (Wildman–Crippen MR) is 79.6 cm³/mol. The van der Waals surface area contributed by atoms with Gasteiger partial charge in [-0.3, -0.25) is 4.90 Å². The summed E-state index contributed by atoms with van der Waals surface area (Å²) in [6, 6.07) is 7.23. The molecule has 3 heteroatoms. The number of nitrogens with one attached hydrogen (secondary N) is 1. The molecule has 1 aromatic carbocycles. The van der Waals surface area contributed by atoms with Crippen LogP contribution in [0.5, 0.6) is 0 Å². The fraction of sp³-hybridized carbons (Fsp3) is 0.625. The van der Waals surface area contributed by atoms with Crippen LogP contribution in [0.3, 0.4) is 0 Å². The van der Waals surface area contributed by atoms with Gasteiger partial charge in [0, 0.05) is 25.7 Å². The Hall–Kier alpha value is -0.900. The normalized spacial score (nSPS) is 22.4. The van der Waals surface area contributed by atoms with Gasteiger partial charge in [-0.05, 0) is 38.9 Å². The molecule has 0 radical (unpaired) electrons. The average molecular weight is 262 g/mol. The number of hydrogen-bond donors (Lipinski definition) is 1. The zero-order chi connectivity index (χ0) is 13.8. The van der Waals surface area contributed by atoms with Gasteiger partial charge in [-0.2, -0.15) is 0 Å². The minimum absolute atomic E-state index is 0.312. The number of nitrogens with zero attached hydrogens (tertiary/aromatic N) is 1. The summed E-state index contributed by atoms with van der Waals surface area (Å²) in [5, 5.41) is 3.20. The van der Waals surface area contributed by atoms with E-state index in [-0.39, 0.29) is 0 Å². The SMILES string of the molecule is CNCC1CN(C(C)c2ccc(C)cc2C)CCO1. The second-order valence-corrected chi connectivity index (χ2v) is 5.58. The minimum atomic E-state index is 0.312. The van der Waals surface area contributed by atoms with Crippen LogP contribution in [0.1, 0.15) is 29.7 Å². The minimum Gasteiger partial charge on any atom is -0.374 e. The number of rotatable bonds is 4. The van der Waals surface area contributed by atoms with Crippen LogP contribution < -0.4 is 5.32 Å². The number of likely N-dealkylation sites (N-methyl/N-ethyl adjacent to an activating group) is 1. The van der Waals surface area contributed by atoms with E-state index >= 15 is 0 Å². The van der Waals surface area contributed by atoms with Crippen LogP contribution in [0.4, 0.5) is 0 Å². The van der Waals surface area contributed by atoms with E-state index in [9.17, 15) is 0 Å². The van der Waals surface area contributed by atoms with Gasteiger partial charge in [0.05, 0.1) is 12.7 Å². The fourth-order valence-corrected chi connectivity index (χ4v) is 2.94. The highest BCUT2D eigenvalue weighted by Crippen LogP contribution is 2.25. The van der Waals surface area contributed by atoms with Gasteiger partial charge in [0.25, 0.3) is 0 Å². The first-order valence-electron chi connectivity index (χ1n) is 7.19. The van der Waals surface area contributed by atoms with E-state index in [1.807, 2.05) is 7.05 Å². The van der Waals surface area contributed by atoms with E-state index in [0.29, 0.717) is 12.1 Å². The summed E-state index contributed by atoms with van der Waals surface area (Å²) in [4.78, 5) is 2.53. The van der Waals surface area contributed by atoms with Crippen molar-refractivity contribution in [3.63, 3.8) is 0 Å². The van der Waals surface area contributed by atoms with Crippen molar-refractivity contribution in [2.24, 2.45) is 0 Å². The molecule has 0 aliphatic carbocycles. The molecular weight excluding hydrogens is 236 g/mol. The molecule has 1 heterocycles. The molecule has 0 bridgehead atoms. The standard InChI is InChI=1S/C16H26N2O/c1-12-5-6-16(13(2)9-12)14(3)18-7-8-19-15(11-18)10-17-4/h5-6,9,14-15,17H,7-8,10-11H2,1-4H3. The van der Waals surface area contributed by atoms with Crippen molar-refractivity contribution in [1.82, 2.24) is 10.2 Å². The molecule has 0 saturated carbocycles. The third kappa shape index (κ3) is 3.56. The van der Waals surface area contributed by atoms with Crippen LogP contribution in [-0.4, -0.2) is 44.3 Å². The molecule has 1 aliphatic rings. The summed E-state index contributed by atoms with van der Waals surface area (Å²) in [6.07, 6.45) is 0.312. The highest BCUT2D eigenvalue weighted by Gasteiger charge is 2.25. The van der Waals surface area contributed by atoms with Crippen LogP contribution in [0, 0.1) is 13.8 Å². The van der Waals surface area contributed by atoms with Crippen molar-refractivity contribution < 1.29 is 4.74 Å². The lowest BCUT2D eigenvalue weighted by Crippen LogP contribution is -2.47. The van der Waals surface area contributed by atoms with Crippen molar-refractivity contribution in [3.8, 4) is 0 Å². The molecule has 1 aromatic rings. The quantitative estimate of drug-likeness (QED) is 0.901. The molecule has 0 spiro atoms. The first-order valence-corrected chi connectivity index (χ1v) is 7.19. The Morgan fingerprint density at radius 3 is 2.89 bits per heavy atom. The van der Waals surface area contributed by atoms with Crippen molar-refractivity contribution in [2.45, 2.75) is 32.9 Å². The first kappa shape index (κ1) is 14.5. The first-order chi connectivity index (χ1) is 9.11. The highest BCUT2D eigenvalue weighted by atomic mass is 16.5. The smallest absolute Gasteiger partial charge is 0.0826 e. The monoisotopic (exact) mass is 262 g/mol. The Kier molecular flexibility index (Phi) is 4.97. The Balaban J connectivity index is 2.07. The predicted octanol–water partition coefficient (Wildman–Crippen LogP) is 2.28. The number of benzene rings is 1. The molecule has 3 nitrogen and oxygen atoms in total. The van der Waals surface area contributed by atoms with Gasteiger partial charge in [-0.15, -0.1) is 0 Å². The third-order valence-corrected chi connectivity index (χ3v) is 4.03. The fourth-order valence-electron chi connectivity index (χ4n) is 2.94. The molecule has 1 fully saturated rings. The van der Waals surface area contributed by atoms with E-state index in [2.05, 4.69) is 49.2 Å². The van der Waals surface area contributed by atoms with Gasteiger partial charge < -0.3 is 10.1 Å². The van der Waals surface area contributed by atoms with Gasteiger partial charge >= 0.3 is 0 Å². The molecule has 0 amide bonds. The van der Waals surface area contributed by atoms with E-state index in [1.54, 1.807) is 0 Å². The zero-order valence-corrected chi connectivity index (χ0v) is 12.6. The van der Waals surface area contributed by atoms with Crippen LogP contribution >= 0.6 is 0 Å². The molecule has 106 valence electrons. The lowest BCUT2D eigenvalue weighted by molar-refractivity contribution is -0.0393. The van der Waals surface area contributed by atoms with Crippen LogP contribution in [0.2, 0.25) is 0 Å². The van der Waals surface area contributed by atoms with Crippen molar-refractivity contribution in [2.75, 3.05) is 33.3 Å². The summed E-state index contributed by atoms with van der Waals surface area (Å²) in [5.41, 5.74) is 4.17. The Bertz CT molecular complexity index is 417. The molecule has 19 heavy (non-hydrogen) atoms. The maximum atomic E-state index is 5.78. The largest absolute Gasteiger partial charge is 0.374 e. The van der Waals surface area contributed by atoms with E-state index in [4.69, 9.17) is 4.74 Å². The third-order valence-electron chi connectivity index (χ3n) is 4.03. The van der Waals surface area contributed by atoms with E-state index in [0.717, 1.165) is 26.2 Å². The lowest BCUT2D eigenvalue weighted by atomic mass is 9.98. The van der Waals surface area contributed by atoms with Crippen molar-refractivity contribution in [1.29, 1.82) is 0 Å². The van der Waals surface area contributed by atoms with E-state index in [1.165, 1.54) is 16.7 Å². The Morgan fingerprint density at radius 1 is 1.42 bits per heavy atom. The maximum Gasteiger partial charge on any atom is 0.0826 e. The number of ether oxygens (including phenoxy) is 1. The van der Waals surface area contributed by atoms with Gasteiger partial charge in [-0.1, -0.05) is 23.8 Å².